The number of benzene rings is 1. The van der Waals surface area contributed by atoms with Gasteiger partial charge in [-0.25, -0.2) is 8.78 Å². The number of rotatable bonds is 2. The maximum Gasteiger partial charge on any atom is 0.264 e. The van der Waals surface area contributed by atoms with Gasteiger partial charge in [0.1, 0.15) is 0 Å². The number of aryl methyl sites for hydroxylation is 1. The molecule has 0 amide bonds. The van der Waals surface area contributed by atoms with Crippen LogP contribution in [0.15, 0.2) is 12.1 Å². The van der Waals surface area contributed by atoms with E-state index >= 15 is 0 Å². The summed E-state index contributed by atoms with van der Waals surface area (Å²) in [6.45, 7) is 2.87. The average Bonchev–Trinajstić information content (AvgIpc) is 2.08. The molecule has 0 aromatic heterocycles. The summed E-state index contributed by atoms with van der Waals surface area (Å²) in [6, 6.07) is 2.55. The second-order valence-corrected chi connectivity index (χ2v) is 3.45. The first-order valence-corrected chi connectivity index (χ1v) is 4.40. The van der Waals surface area contributed by atoms with Gasteiger partial charge in [-0.3, -0.25) is 4.79 Å². The van der Waals surface area contributed by atoms with Crippen LogP contribution in [0.3, 0.4) is 0 Å². The molecule has 14 heavy (non-hydrogen) atoms. The fourth-order valence-electron chi connectivity index (χ4n) is 1.19. The first-order chi connectivity index (χ1) is 6.43. The molecule has 0 spiro atoms. The van der Waals surface area contributed by atoms with Crippen molar-refractivity contribution in [3.05, 3.63) is 33.8 Å². The van der Waals surface area contributed by atoms with Crippen LogP contribution in [-0.4, -0.2) is 5.78 Å². The number of alkyl halides is 2. The number of carbonyl (C=O) groups is 1. The number of halogens is 3. The third-order valence-electron chi connectivity index (χ3n) is 1.95. The molecule has 0 N–H and O–H groups in total. The van der Waals surface area contributed by atoms with Crippen LogP contribution in [0.2, 0.25) is 5.02 Å². The summed E-state index contributed by atoms with van der Waals surface area (Å²) in [5, 5.41) is 0.333. The maximum absolute atomic E-state index is 12.5. The number of Topliss-reactive ketones (excluding diaryl/α,β-unsaturated/α-hetero) is 1. The highest BCUT2D eigenvalue weighted by molar-refractivity contribution is 6.31. The normalized spacial score (nSPS) is 10.7. The van der Waals surface area contributed by atoms with Gasteiger partial charge in [-0.2, -0.15) is 0 Å². The highest BCUT2D eigenvalue weighted by atomic mass is 35.5. The summed E-state index contributed by atoms with van der Waals surface area (Å²) in [5.74, 6) is -0.401. The van der Waals surface area contributed by atoms with Crippen molar-refractivity contribution < 1.29 is 13.6 Å². The van der Waals surface area contributed by atoms with Gasteiger partial charge >= 0.3 is 0 Å². The monoisotopic (exact) mass is 218 g/mol. The summed E-state index contributed by atoms with van der Waals surface area (Å²) < 4.78 is 25.0. The molecule has 1 aromatic rings. The molecular weight excluding hydrogens is 210 g/mol. The second-order valence-electron chi connectivity index (χ2n) is 3.05. The third kappa shape index (κ3) is 2.10. The molecule has 0 aliphatic heterocycles. The zero-order valence-corrected chi connectivity index (χ0v) is 8.53. The van der Waals surface area contributed by atoms with E-state index in [1.807, 2.05) is 0 Å². The maximum atomic E-state index is 12.5. The molecule has 1 nitrogen and oxygen atoms in total. The van der Waals surface area contributed by atoms with Crippen molar-refractivity contribution in [3.63, 3.8) is 0 Å². The largest absolute Gasteiger partial charge is 0.294 e. The minimum Gasteiger partial charge on any atom is -0.294 e. The van der Waals surface area contributed by atoms with Gasteiger partial charge in [0.25, 0.3) is 6.43 Å². The lowest BCUT2D eigenvalue weighted by Crippen LogP contribution is -2.01. The highest BCUT2D eigenvalue weighted by Crippen LogP contribution is 2.28. The van der Waals surface area contributed by atoms with E-state index in [-0.39, 0.29) is 11.1 Å². The molecule has 0 heterocycles. The topological polar surface area (TPSA) is 17.1 Å². The van der Waals surface area contributed by atoms with Gasteiger partial charge < -0.3 is 0 Å². The standard InChI is InChI=1S/C10H9ClF2O/c1-5-3-8(10(12)13)7(6(2)14)4-9(5)11/h3-4,10H,1-2H3. The Labute approximate surface area is 85.7 Å². The fraction of sp³-hybridized carbons (Fsp3) is 0.300. The molecule has 0 fully saturated rings. The van der Waals surface area contributed by atoms with Crippen molar-refractivity contribution in [2.75, 3.05) is 0 Å². The van der Waals surface area contributed by atoms with E-state index < -0.39 is 12.2 Å². The zero-order chi connectivity index (χ0) is 10.9. The molecule has 0 atom stereocenters. The van der Waals surface area contributed by atoms with Crippen LogP contribution in [0, 0.1) is 6.92 Å². The Morgan fingerprint density at radius 2 is 2.00 bits per heavy atom. The summed E-state index contributed by atoms with van der Waals surface area (Å²) in [5.41, 5.74) is 0.293. The van der Waals surface area contributed by atoms with Crippen LogP contribution in [0.1, 0.15) is 34.8 Å². The van der Waals surface area contributed by atoms with Gasteiger partial charge in [0, 0.05) is 16.1 Å². The zero-order valence-electron chi connectivity index (χ0n) is 7.77. The quantitative estimate of drug-likeness (QED) is 0.691. The molecule has 1 aromatic carbocycles. The van der Waals surface area contributed by atoms with Gasteiger partial charge in [-0.1, -0.05) is 11.6 Å². The first-order valence-electron chi connectivity index (χ1n) is 4.02. The van der Waals surface area contributed by atoms with Crippen molar-refractivity contribution in [2.24, 2.45) is 0 Å². The minimum absolute atomic E-state index is 0.00407. The number of ketones is 1. The molecule has 0 aliphatic carbocycles. The average molecular weight is 219 g/mol. The Balaban J connectivity index is 3.39. The fourth-order valence-corrected chi connectivity index (χ4v) is 1.35. The van der Waals surface area contributed by atoms with Crippen molar-refractivity contribution in [2.45, 2.75) is 20.3 Å². The first kappa shape index (κ1) is 11.1. The number of hydrogen-bond acceptors (Lipinski definition) is 1. The summed E-state index contributed by atoms with van der Waals surface area (Å²) in [6.07, 6.45) is -2.65. The Hall–Kier alpha value is -0.960. The lowest BCUT2D eigenvalue weighted by Gasteiger charge is -2.08. The molecule has 4 heteroatoms. The van der Waals surface area contributed by atoms with Gasteiger partial charge in [0.05, 0.1) is 0 Å². The highest BCUT2D eigenvalue weighted by Gasteiger charge is 2.17. The molecule has 0 unspecified atom stereocenters. The van der Waals surface area contributed by atoms with Crippen LogP contribution < -0.4 is 0 Å². The van der Waals surface area contributed by atoms with Gasteiger partial charge in [0.15, 0.2) is 5.78 Å². The van der Waals surface area contributed by atoms with E-state index in [4.69, 9.17) is 11.6 Å². The molecule has 76 valence electrons. The predicted molar refractivity (Wildman–Crippen MR) is 51.2 cm³/mol. The number of carbonyl (C=O) groups excluding carboxylic acids is 1. The van der Waals surface area contributed by atoms with E-state index in [0.29, 0.717) is 10.6 Å². The van der Waals surface area contributed by atoms with E-state index in [1.165, 1.54) is 19.1 Å². The molecule has 1 rings (SSSR count). The second kappa shape index (κ2) is 4.05. The lowest BCUT2D eigenvalue weighted by molar-refractivity contribution is 0.0999. The SMILES string of the molecule is CC(=O)c1cc(Cl)c(C)cc1C(F)F. The van der Waals surface area contributed by atoms with Crippen LogP contribution in [0.4, 0.5) is 8.78 Å². The van der Waals surface area contributed by atoms with Gasteiger partial charge in [-0.15, -0.1) is 0 Å². The molecule has 0 saturated carbocycles. The molecule has 0 saturated heterocycles. The van der Waals surface area contributed by atoms with Crippen LogP contribution >= 0.6 is 11.6 Å². The minimum atomic E-state index is -2.65. The summed E-state index contributed by atoms with van der Waals surface area (Å²) >= 11 is 5.74. The molecule has 0 radical (unpaired) electrons. The Bertz CT molecular complexity index is 375. The predicted octanol–water partition coefficient (Wildman–Crippen LogP) is 3.79. The lowest BCUT2D eigenvalue weighted by atomic mass is 10.0. The summed E-state index contributed by atoms with van der Waals surface area (Å²) in [4.78, 5) is 11.0. The molecule has 0 bridgehead atoms. The van der Waals surface area contributed by atoms with Crippen molar-refractivity contribution >= 4 is 17.4 Å². The Kier molecular flexibility index (Phi) is 3.21. The van der Waals surface area contributed by atoms with Crippen LogP contribution in [0.25, 0.3) is 0 Å². The van der Waals surface area contributed by atoms with Crippen molar-refractivity contribution in [3.8, 4) is 0 Å². The van der Waals surface area contributed by atoms with Crippen LogP contribution in [0.5, 0.6) is 0 Å². The Morgan fingerprint density at radius 3 is 2.43 bits per heavy atom. The van der Waals surface area contributed by atoms with Gasteiger partial charge in [-0.05, 0) is 31.5 Å². The van der Waals surface area contributed by atoms with Crippen LogP contribution in [-0.2, 0) is 0 Å². The molecule has 0 aliphatic rings. The van der Waals surface area contributed by atoms with E-state index in [1.54, 1.807) is 6.92 Å². The van der Waals surface area contributed by atoms with E-state index in [2.05, 4.69) is 0 Å². The van der Waals surface area contributed by atoms with Crippen molar-refractivity contribution in [1.82, 2.24) is 0 Å². The smallest absolute Gasteiger partial charge is 0.264 e. The van der Waals surface area contributed by atoms with E-state index in [9.17, 15) is 13.6 Å². The molecular formula is C10H9ClF2O. The van der Waals surface area contributed by atoms with E-state index in [0.717, 1.165) is 0 Å². The number of hydrogen-bond donors (Lipinski definition) is 0. The summed E-state index contributed by atoms with van der Waals surface area (Å²) in [7, 11) is 0. The third-order valence-corrected chi connectivity index (χ3v) is 2.35. The Morgan fingerprint density at radius 1 is 1.43 bits per heavy atom. The van der Waals surface area contributed by atoms with Crippen molar-refractivity contribution in [1.29, 1.82) is 0 Å². The van der Waals surface area contributed by atoms with Gasteiger partial charge in [0.2, 0.25) is 0 Å².